The van der Waals surface area contributed by atoms with Crippen LogP contribution < -0.4 is 0 Å². The predicted octanol–water partition coefficient (Wildman–Crippen LogP) is 1.31. The topological polar surface area (TPSA) is 52.0 Å². The summed E-state index contributed by atoms with van der Waals surface area (Å²) in [5.74, 6) is 0.625. The Morgan fingerprint density at radius 2 is 2.21 bits per heavy atom. The third-order valence-electron chi connectivity index (χ3n) is 1.81. The Balaban J connectivity index is 2.60. The zero-order valence-electron chi connectivity index (χ0n) is 7.98. The van der Waals surface area contributed by atoms with Crippen molar-refractivity contribution >= 4 is 21.4 Å². The van der Waals surface area contributed by atoms with E-state index < -0.39 is 9.84 Å². The van der Waals surface area contributed by atoms with Crippen LogP contribution in [-0.4, -0.2) is 30.3 Å². The monoisotopic (exact) mass is 236 g/mol. The molecule has 0 aliphatic heterocycles. The second kappa shape index (κ2) is 4.79. The number of nitrogens with zero attached hydrogens (tertiary/aromatic N) is 2. The maximum atomic E-state index is 11.1. The maximum Gasteiger partial charge on any atom is 0.178 e. The summed E-state index contributed by atoms with van der Waals surface area (Å²) in [5, 5.41) is 3.95. The van der Waals surface area contributed by atoms with Crippen molar-refractivity contribution in [2.24, 2.45) is 0 Å². The van der Waals surface area contributed by atoms with E-state index in [9.17, 15) is 8.42 Å². The SMILES string of the molecule is CS(=O)(=O)c1cnn(CCCCCl)c1. The van der Waals surface area contributed by atoms with Crippen molar-refractivity contribution in [2.45, 2.75) is 24.3 Å². The van der Waals surface area contributed by atoms with E-state index in [0.717, 1.165) is 12.8 Å². The van der Waals surface area contributed by atoms with Crippen LogP contribution in [0.1, 0.15) is 12.8 Å². The normalized spacial score (nSPS) is 11.9. The van der Waals surface area contributed by atoms with E-state index >= 15 is 0 Å². The van der Waals surface area contributed by atoms with Gasteiger partial charge >= 0.3 is 0 Å². The zero-order chi connectivity index (χ0) is 10.6. The molecule has 0 unspecified atom stereocenters. The van der Waals surface area contributed by atoms with E-state index in [4.69, 9.17) is 11.6 Å². The van der Waals surface area contributed by atoms with E-state index in [2.05, 4.69) is 5.10 Å². The number of alkyl halides is 1. The molecule has 0 saturated carbocycles. The number of halogens is 1. The molecule has 1 aromatic heterocycles. The van der Waals surface area contributed by atoms with Crippen molar-refractivity contribution < 1.29 is 8.42 Å². The van der Waals surface area contributed by atoms with Crippen LogP contribution in [0.3, 0.4) is 0 Å². The fourth-order valence-electron chi connectivity index (χ4n) is 1.03. The van der Waals surface area contributed by atoms with Gasteiger partial charge in [0.1, 0.15) is 4.90 Å². The summed E-state index contributed by atoms with van der Waals surface area (Å²) in [5.41, 5.74) is 0. The molecule has 0 aliphatic rings. The van der Waals surface area contributed by atoms with Crippen LogP contribution >= 0.6 is 11.6 Å². The van der Waals surface area contributed by atoms with Crippen molar-refractivity contribution in [3.63, 3.8) is 0 Å². The smallest absolute Gasteiger partial charge is 0.178 e. The van der Waals surface area contributed by atoms with E-state index in [1.54, 1.807) is 10.9 Å². The molecule has 0 N–H and O–H groups in total. The first-order chi connectivity index (χ1) is 6.54. The number of sulfone groups is 1. The summed E-state index contributed by atoms with van der Waals surface area (Å²) >= 11 is 5.52. The Bertz CT molecular complexity index is 386. The summed E-state index contributed by atoms with van der Waals surface area (Å²) in [7, 11) is -3.12. The van der Waals surface area contributed by atoms with Crippen LogP contribution in [0.25, 0.3) is 0 Å². The van der Waals surface area contributed by atoms with Gasteiger partial charge in [-0.15, -0.1) is 11.6 Å². The minimum Gasteiger partial charge on any atom is -0.271 e. The molecule has 0 fully saturated rings. The van der Waals surface area contributed by atoms with Crippen molar-refractivity contribution in [1.82, 2.24) is 9.78 Å². The fraction of sp³-hybridized carbons (Fsp3) is 0.625. The molecular weight excluding hydrogens is 224 g/mol. The van der Waals surface area contributed by atoms with Crippen LogP contribution in [0.4, 0.5) is 0 Å². The van der Waals surface area contributed by atoms with Gasteiger partial charge in [0, 0.05) is 24.9 Å². The summed E-state index contributed by atoms with van der Waals surface area (Å²) in [6.07, 6.45) is 5.91. The lowest BCUT2D eigenvalue weighted by molar-refractivity contribution is 0.571. The van der Waals surface area contributed by atoms with Crippen molar-refractivity contribution in [3.05, 3.63) is 12.4 Å². The summed E-state index contributed by atoms with van der Waals surface area (Å²) in [6.45, 7) is 0.711. The summed E-state index contributed by atoms with van der Waals surface area (Å²) < 4.78 is 23.8. The van der Waals surface area contributed by atoms with E-state index in [-0.39, 0.29) is 4.90 Å². The molecule has 14 heavy (non-hydrogen) atoms. The predicted molar refractivity (Wildman–Crippen MR) is 55.3 cm³/mol. The quantitative estimate of drug-likeness (QED) is 0.572. The molecule has 1 rings (SSSR count). The molecule has 0 atom stereocenters. The third-order valence-corrected chi connectivity index (χ3v) is 3.14. The molecule has 6 heteroatoms. The third kappa shape index (κ3) is 3.31. The Labute approximate surface area is 88.8 Å². The Morgan fingerprint density at radius 1 is 1.50 bits per heavy atom. The number of hydrogen-bond donors (Lipinski definition) is 0. The second-order valence-corrected chi connectivity index (χ2v) is 5.50. The first kappa shape index (κ1) is 11.5. The number of aromatic nitrogens is 2. The Kier molecular flexibility index (Phi) is 3.95. The van der Waals surface area contributed by atoms with Gasteiger partial charge in [-0.3, -0.25) is 4.68 Å². The standard InChI is InChI=1S/C8H13ClN2O2S/c1-14(12,13)8-6-10-11(7-8)5-3-2-4-9/h6-7H,2-5H2,1H3. The largest absolute Gasteiger partial charge is 0.271 e. The van der Waals surface area contributed by atoms with Gasteiger partial charge in [-0.1, -0.05) is 0 Å². The Hall–Kier alpha value is -0.550. The molecule has 0 bridgehead atoms. The van der Waals surface area contributed by atoms with E-state index in [1.807, 2.05) is 0 Å². The van der Waals surface area contributed by atoms with Gasteiger partial charge in [0.05, 0.1) is 6.20 Å². The Morgan fingerprint density at radius 3 is 2.71 bits per heavy atom. The second-order valence-electron chi connectivity index (χ2n) is 3.11. The average Bonchev–Trinajstić information content (AvgIpc) is 2.52. The number of hydrogen-bond acceptors (Lipinski definition) is 3. The lowest BCUT2D eigenvalue weighted by Crippen LogP contribution is -1.99. The van der Waals surface area contributed by atoms with Crippen molar-refractivity contribution in [2.75, 3.05) is 12.1 Å². The van der Waals surface area contributed by atoms with Crippen LogP contribution in [0.15, 0.2) is 17.3 Å². The van der Waals surface area contributed by atoms with Gasteiger partial charge < -0.3 is 0 Å². The highest BCUT2D eigenvalue weighted by atomic mass is 35.5. The molecule has 0 aromatic carbocycles. The lowest BCUT2D eigenvalue weighted by Gasteiger charge is -1.98. The van der Waals surface area contributed by atoms with Gasteiger partial charge in [0.2, 0.25) is 0 Å². The van der Waals surface area contributed by atoms with Crippen molar-refractivity contribution in [3.8, 4) is 0 Å². The maximum absolute atomic E-state index is 11.1. The number of rotatable bonds is 5. The highest BCUT2D eigenvalue weighted by molar-refractivity contribution is 7.90. The van der Waals surface area contributed by atoms with Gasteiger partial charge in [0.15, 0.2) is 9.84 Å². The number of unbranched alkanes of at least 4 members (excludes halogenated alkanes) is 1. The van der Waals surface area contributed by atoms with Crippen LogP contribution in [-0.2, 0) is 16.4 Å². The molecule has 4 nitrogen and oxygen atoms in total. The fourth-order valence-corrected chi connectivity index (χ4v) is 1.77. The molecule has 0 spiro atoms. The lowest BCUT2D eigenvalue weighted by atomic mass is 10.3. The van der Waals surface area contributed by atoms with Gasteiger partial charge in [0.25, 0.3) is 0 Å². The van der Waals surface area contributed by atoms with Gasteiger partial charge in [-0.25, -0.2) is 8.42 Å². The first-order valence-electron chi connectivity index (χ1n) is 4.32. The minimum atomic E-state index is -3.12. The molecule has 1 heterocycles. The summed E-state index contributed by atoms with van der Waals surface area (Å²) in [6, 6.07) is 0. The molecule has 0 radical (unpaired) electrons. The first-order valence-corrected chi connectivity index (χ1v) is 6.75. The van der Waals surface area contributed by atoms with Crippen LogP contribution in [0, 0.1) is 0 Å². The van der Waals surface area contributed by atoms with Crippen LogP contribution in [0.2, 0.25) is 0 Å². The van der Waals surface area contributed by atoms with Gasteiger partial charge in [-0.05, 0) is 12.8 Å². The molecule has 0 saturated heterocycles. The van der Waals surface area contributed by atoms with E-state index in [0.29, 0.717) is 12.4 Å². The minimum absolute atomic E-state index is 0.267. The zero-order valence-corrected chi connectivity index (χ0v) is 9.55. The highest BCUT2D eigenvalue weighted by Crippen LogP contribution is 2.07. The van der Waals surface area contributed by atoms with Crippen LogP contribution in [0.5, 0.6) is 0 Å². The molecule has 80 valence electrons. The summed E-state index contributed by atoms with van der Waals surface area (Å²) in [4.78, 5) is 0.267. The highest BCUT2D eigenvalue weighted by Gasteiger charge is 2.09. The molecule has 1 aromatic rings. The molecule has 0 amide bonds. The average molecular weight is 237 g/mol. The molecule has 0 aliphatic carbocycles. The van der Waals surface area contributed by atoms with Crippen molar-refractivity contribution in [1.29, 1.82) is 0 Å². The molecular formula is C8H13ClN2O2S. The van der Waals surface area contributed by atoms with Gasteiger partial charge in [-0.2, -0.15) is 5.10 Å². The number of aryl methyl sites for hydroxylation is 1. The van der Waals surface area contributed by atoms with E-state index in [1.165, 1.54) is 12.5 Å².